The molecule has 21 heavy (non-hydrogen) atoms. The largest absolute Gasteiger partial charge is 0.307 e. The number of nitrogens with one attached hydrogen (secondary N) is 1. The van der Waals surface area contributed by atoms with Crippen LogP contribution in [0.2, 0.25) is 5.02 Å². The third-order valence-electron chi connectivity index (χ3n) is 4.48. The molecule has 3 heteroatoms. The van der Waals surface area contributed by atoms with E-state index < -0.39 is 0 Å². The number of rotatable bonds is 3. The SMILES string of the molecule is CC(NC1CC(C)(C)CC(C)(C)C1)c1ccc(Cl)c(F)c1. The summed E-state index contributed by atoms with van der Waals surface area (Å²) in [6.07, 6.45) is 3.58. The lowest BCUT2D eigenvalue weighted by molar-refractivity contribution is 0.0811. The second-order valence-electron chi connectivity index (χ2n) is 8.17. The van der Waals surface area contributed by atoms with Crippen LogP contribution in [0.1, 0.15) is 65.5 Å². The topological polar surface area (TPSA) is 12.0 Å². The number of hydrogen-bond donors (Lipinski definition) is 1. The van der Waals surface area contributed by atoms with Crippen molar-refractivity contribution in [3.63, 3.8) is 0 Å². The lowest BCUT2D eigenvalue weighted by Crippen LogP contribution is -2.44. The molecule has 0 spiro atoms. The molecule has 1 aliphatic rings. The second kappa shape index (κ2) is 5.89. The fourth-order valence-electron chi connectivity index (χ4n) is 4.20. The zero-order valence-corrected chi connectivity index (χ0v) is 14.5. The molecule has 0 heterocycles. The molecule has 0 saturated heterocycles. The zero-order valence-electron chi connectivity index (χ0n) is 13.8. The summed E-state index contributed by atoms with van der Waals surface area (Å²) in [5.41, 5.74) is 1.66. The third-order valence-corrected chi connectivity index (χ3v) is 4.79. The Bertz CT molecular complexity index is 494. The van der Waals surface area contributed by atoms with Crippen molar-refractivity contribution in [2.45, 2.75) is 66.0 Å². The second-order valence-corrected chi connectivity index (χ2v) is 8.58. The van der Waals surface area contributed by atoms with Crippen molar-refractivity contribution in [3.05, 3.63) is 34.6 Å². The molecule has 1 aromatic carbocycles. The van der Waals surface area contributed by atoms with Gasteiger partial charge in [-0.3, -0.25) is 0 Å². The standard InChI is InChI=1S/C18H27ClFN/c1-12(13-6-7-15(19)16(20)8-13)21-14-9-17(2,3)11-18(4,5)10-14/h6-8,12,14,21H,9-11H2,1-5H3. The fraction of sp³-hybridized carbons (Fsp3) is 0.667. The van der Waals surface area contributed by atoms with Crippen LogP contribution >= 0.6 is 11.6 Å². The molecular weight excluding hydrogens is 285 g/mol. The van der Waals surface area contributed by atoms with Gasteiger partial charge >= 0.3 is 0 Å². The van der Waals surface area contributed by atoms with Gasteiger partial charge in [-0.2, -0.15) is 0 Å². The number of hydrogen-bond acceptors (Lipinski definition) is 1. The Labute approximate surface area is 133 Å². The smallest absolute Gasteiger partial charge is 0.142 e. The molecule has 0 radical (unpaired) electrons. The summed E-state index contributed by atoms with van der Waals surface area (Å²) in [4.78, 5) is 0. The average molecular weight is 312 g/mol. The highest BCUT2D eigenvalue weighted by Gasteiger charge is 2.38. The van der Waals surface area contributed by atoms with E-state index in [1.54, 1.807) is 12.1 Å². The van der Waals surface area contributed by atoms with Gasteiger partial charge in [0.15, 0.2) is 0 Å². The van der Waals surface area contributed by atoms with Gasteiger partial charge in [0.05, 0.1) is 5.02 Å². The molecular formula is C18H27ClFN. The van der Waals surface area contributed by atoms with Gasteiger partial charge in [0.1, 0.15) is 5.82 Å². The van der Waals surface area contributed by atoms with Gasteiger partial charge in [-0.05, 0) is 54.7 Å². The van der Waals surface area contributed by atoms with Crippen molar-refractivity contribution in [2.24, 2.45) is 10.8 Å². The first-order chi connectivity index (χ1) is 9.58. The normalized spacial score (nSPS) is 23.0. The summed E-state index contributed by atoms with van der Waals surface area (Å²) in [7, 11) is 0. The van der Waals surface area contributed by atoms with E-state index in [2.05, 4.69) is 39.9 Å². The summed E-state index contributed by atoms with van der Waals surface area (Å²) in [5, 5.41) is 3.87. The molecule has 1 atom stereocenters. The molecule has 1 unspecified atom stereocenters. The van der Waals surface area contributed by atoms with E-state index in [9.17, 15) is 4.39 Å². The highest BCUT2D eigenvalue weighted by atomic mass is 35.5. The molecule has 1 aliphatic carbocycles. The van der Waals surface area contributed by atoms with E-state index >= 15 is 0 Å². The van der Waals surface area contributed by atoms with E-state index in [0.717, 1.165) is 18.4 Å². The summed E-state index contributed by atoms with van der Waals surface area (Å²) in [5.74, 6) is -0.341. The van der Waals surface area contributed by atoms with Crippen LogP contribution in [-0.4, -0.2) is 6.04 Å². The molecule has 1 fully saturated rings. The molecule has 0 amide bonds. The Hall–Kier alpha value is -0.600. The van der Waals surface area contributed by atoms with Crippen molar-refractivity contribution >= 4 is 11.6 Å². The molecule has 0 bridgehead atoms. The Morgan fingerprint density at radius 2 is 1.76 bits per heavy atom. The maximum Gasteiger partial charge on any atom is 0.142 e. The summed E-state index contributed by atoms with van der Waals surface area (Å²) in [6, 6.07) is 5.68. The van der Waals surface area contributed by atoms with E-state index in [-0.39, 0.29) is 16.9 Å². The van der Waals surface area contributed by atoms with E-state index in [1.807, 2.05) is 6.07 Å². The van der Waals surface area contributed by atoms with Gasteiger partial charge in [-0.25, -0.2) is 4.39 Å². The molecule has 1 saturated carbocycles. The third kappa shape index (κ3) is 4.43. The molecule has 0 aliphatic heterocycles. The van der Waals surface area contributed by atoms with Gasteiger partial charge in [-0.15, -0.1) is 0 Å². The lowest BCUT2D eigenvalue weighted by Gasteiger charge is -2.46. The minimum Gasteiger partial charge on any atom is -0.307 e. The minimum atomic E-state index is -0.341. The Morgan fingerprint density at radius 1 is 1.19 bits per heavy atom. The summed E-state index contributed by atoms with van der Waals surface area (Å²) >= 11 is 5.76. The molecule has 1 nitrogen and oxygen atoms in total. The predicted molar refractivity (Wildman–Crippen MR) is 88.2 cm³/mol. The fourth-order valence-corrected chi connectivity index (χ4v) is 4.31. The van der Waals surface area contributed by atoms with Crippen molar-refractivity contribution < 1.29 is 4.39 Å². The zero-order chi connectivity index (χ0) is 15.8. The van der Waals surface area contributed by atoms with Gasteiger partial charge < -0.3 is 5.32 Å². The summed E-state index contributed by atoms with van der Waals surface area (Å²) in [6.45, 7) is 11.5. The van der Waals surface area contributed by atoms with Crippen LogP contribution in [0.3, 0.4) is 0 Å². The first kappa shape index (κ1) is 16.8. The van der Waals surface area contributed by atoms with Crippen LogP contribution in [0.25, 0.3) is 0 Å². The summed E-state index contributed by atoms with van der Waals surface area (Å²) < 4.78 is 13.6. The quantitative estimate of drug-likeness (QED) is 0.751. The maximum absolute atomic E-state index is 13.6. The first-order valence-electron chi connectivity index (χ1n) is 7.79. The van der Waals surface area contributed by atoms with Gasteiger partial charge in [0.25, 0.3) is 0 Å². The first-order valence-corrected chi connectivity index (χ1v) is 8.17. The van der Waals surface area contributed by atoms with E-state index in [4.69, 9.17) is 11.6 Å². The van der Waals surface area contributed by atoms with Gasteiger partial charge in [0, 0.05) is 12.1 Å². The highest BCUT2D eigenvalue weighted by molar-refractivity contribution is 6.30. The minimum absolute atomic E-state index is 0.131. The monoisotopic (exact) mass is 311 g/mol. The van der Waals surface area contributed by atoms with Crippen LogP contribution in [0.15, 0.2) is 18.2 Å². The molecule has 1 aromatic rings. The number of benzene rings is 1. The molecule has 2 rings (SSSR count). The van der Waals surface area contributed by atoms with Crippen molar-refractivity contribution in [1.29, 1.82) is 0 Å². The van der Waals surface area contributed by atoms with Crippen LogP contribution in [0.4, 0.5) is 4.39 Å². The molecule has 118 valence electrons. The van der Waals surface area contributed by atoms with Crippen molar-refractivity contribution in [2.75, 3.05) is 0 Å². The molecule has 0 aromatic heterocycles. The van der Waals surface area contributed by atoms with E-state index in [1.165, 1.54) is 6.42 Å². The lowest BCUT2D eigenvalue weighted by atomic mass is 9.63. The van der Waals surface area contributed by atoms with Gasteiger partial charge in [0.2, 0.25) is 0 Å². The van der Waals surface area contributed by atoms with E-state index in [0.29, 0.717) is 16.9 Å². The Kier molecular flexibility index (Phi) is 4.70. The van der Waals surface area contributed by atoms with Gasteiger partial charge in [-0.1, -0.05) is 45.4 Å². The van der Waals surface area contributed by atoms with Crippen LogP contribution in [0.5, 0.6) is 0 Å². The number of halogens is 2. The Balaban J connectivity index is 2.08. The van der Waals surface area contributed by atoms with Crippen molar-refractivity contribution in [1.82, 2.24) is 5.32 Å². The van der Waals surface area contributed by atoms with Crippen LogP contribution in [0, 0.1) is 16.6 Å². The van der Waals surface area contributed by atoms with Crippen LogP contribution < -0.4 is 5.32 Å². The van der Waals surface area contributed by atoms with Crippen molar-refractivity contribution in [3.8, 4) is 0 Å². The van der Waals surface area contributed by atoms with Crippen LogP contribution in [-0.2, 0) is 0 Å². The average Bonchev–Trinajstić information content (AvgIpc) is 2.28. The maximum atomic E-state index is 13.6. The Morgan fingerprint density at radius 3 is 2.29 bits per heavy atom. The highest BCUT2D eigenvalue weighted by Crippen LogP contribution is 2.46. The molecule has 1 N–H and O–H groups in total. The predicted octanol–water partition coefficient (Wildman–Crippen LogP) is 5.73.